The molecule has 1 aromatic carbocycles. The van der Waals surface area contributed by atoms with Crippen LogP contribution in [0, 0.1) is 11.3 Å². The first kappa shape index (κ1) is 15.4. The molecule has 1 heterocycles. The summed E-state index contributed by atoms with van der Waals surface area (Å²) in [5.41, 5.74) is 3.32. The van der Waals surface area contributed by atoms with Crippen LogP contribution < -0.4 is 10.2 Å². The summed E-state index contributed by atoms with van der Waals surface area (Å²) in [6, 6.07) is 8.87. The molecule has 0 saturated carbocycles. The fourth-order valence-corrected chi connectivity index (χ4v) is 2.99. The van der Waals surface area contributed by atoms with Crippen LogP contribution in [0.1, 0.15) is 39.7 Å². The Kier molecular flexibility index (Phi) is 5.09. The van der Waals surface area contributed by atoms with Crippen molar-refractivity contribution < 1.29 is 0 Å². The first-order valence-corrected chi connectivity index (χ1v) is 8.07. The molecule has 1 aliphatic heterocycles. The van der Waals surface area contributed by atoms with E-state index in [9.17, 15) is 0 Å². The van der Waals surface area contributed by atoms with Gasteiger partial charge in [0.1, 0.15) is 0 Å². The quantitative estimate of drug-likeness (QED) is 0.815. The third kappa shape index (κ3) is 3.76. The van der Waals surface area contributed by atoms with E-state index in [4.69, 9.17) is 0 Å². The summed E-state index contributed by atoms with van der Waals surface area (Å²) in [7, 11) is 0. The van der Waals surface area contributed by atoms with Gasteiger partial charge in [0.2, 0.25) is 0 Å². The minimum atomic E-state index is 0.354. The van der Waals surface area contributed by atoms with Gasteiger partial charge in [0.05, 0.1) is 0 Å². The molecule has 0 saturated heterocycles. The molecule has 1 aliphatic rings. The Morgan fingerprint density at radius 1 is 1.30 bits per heavy atom. The summed E-state index contributed by atoms with van der Waals surface area (Å²) in [6.45, 7) is 13.8. The van der Waals surface area contributed by atoms with Gasteiger partial charge in [-0.15, -0.1) is 0 Å². The van der Waals surface area contributed by atoms with Crippen molar-refractivity contribution in [1.82, 2.24) is 5.32 Å². The van der Waals surface area contributed by atoms with Gasteiger partial charge >= 0.3 is 0 Å². The molecule has 2 nitrogen and oxygen atoms in total. The number of fused-ring (bicyclic) bond motifs is 1. The summed E-state index contributed by atoms with van der Waals surface area (Å²) in [4.78, 5) is 2.58. The highest BCUT2D eigenvalue weighted by molar-refractivity contribution is 5.57. The molecule has 1 atom stereocenters. The number of nitrogens with zero attached hydrogens (tertiary/aromatic N) is 1. The number of para-hydroxylation sites is 1. The van der Waals surface area contributed by atoms with E-state index in [1.54, 1.807) is 0 Å². The zero-order valence-electron chi connectivity index (χ0n) is 13.6. The fourth-order valence-electron chi connectivity index (χ4n) is 2.99. The zero-order valence-corrected chi connectivity index (χ0v) is 13.6. The molecule has 0 aliphatic carbocycles. The molecule has 0 radical (unpaired) electrons. The maximum absolute atomic E-state index is 3.65. The SMILES string of the molecule is CCC(C)(CNCC(C)C)CN1CCc2ccccc21. The van der Waals surface area contributed by atoms with Gasteiger partial charge in [0.15, 0.2) is 0 Å². The van der Waals surface area contributed by atoms with Crippen molar-refractivity contribution in [2.45, 2.75) is 40.5 Å². The van der Waals surface area contributed by atoms with Gasteiger partial charge in [0.25, 0.3) is 0 Å². The van der Waals surface area contributed by atoms with Gasteiger partial charge in [-0.3, -0.25) is 0 Å². The van der Waals surface area contributed by atoms with Crippen LogP contribution in [0.5, 0.6) is 0 Å². The predicted octanol–water partition coefficient (Wildman–Crippen LogP) is 3.71. The van der Waals surface area contributed by atoms with Gasteiger partial charge in [-0.1, -0.05) is 45.9 Å². The van der Waals surface area contributed by atoms with Crippen molar-refractivity contribution in [1.29, 1.82) is 0 Å². The van der Waals surface area contributed by atoms with Crippen molar-refractivity contribution >= 4 is 5.69 Å². The summed E-state index contributed by atoms with van der Waals surface area (Å²) >= 11 is 0. The van der Waals surface area contributed by atoms with E-state index in [0.29, 0.717) is 5.41 Å². The smallest absolute Gasteiger partial charge is 0.0399 e. The molecule has 0 aromatic heterocycles. The summed E-state index contributed by atoms with van der Waals surface area (Å²) in [6.07, 6.45) is 2.42. The molecular weight excluding hydrogens is 244 g/mol. The lowest BCUT2D eigenvalue weighted by molar-refractivity contribution is 0.291. The molecule has 0 bridgehead atoms. The van der Waals surface area contributed by atoms with Gasteiger partial charge in [0, 0.05) is 25.3 Å². The first-order chi connectivity index (χ1) is 9.54. The molecule has 20 heavy (non-hydrogen) atoms. The van der Waals surface area contributed by atoms with E-state index in [2.05, 4.69) is 62.2 Å². The lowest BCUT2D eigenvalue weighted by Gasteiger charge is -2.35. The minimum absolute atomic E-state index is 0.354. The third-order valence-electron chi connectivity index (χ3n) is 4.51. The Bertz CT molecular complexity index is 427. The highest BCUT2D eigenvalue weighted by Gasteiger charge is 2.28. The number of hydrogen-bond acceptors (Lipinski definition) is 2. The maximum Gasteiger partial charge on any atom is 0.0399 e. The van der Waals surface area contributed by atoms with Gasteiger partial charge in [-0.2, -0.15) is 0 Å². The van der Waals surface area contributed by atoms with Crippen LogP contribution in [0.2, 0.25) is 0 Å². The second-order valence-corrected chi connectivity index (χ2v) is 6.99. The lowest BCUT2D eigenvalue weighted by Crippen LogP contribution is -2.42. The first-order valence-electron chi connectivity index (χ1n) is 8.07. The Balaban J connectivity index is 1.96. The van der Waals surface area contributed by atoms with E-state index in [-0.39, 0.29) is 0 Å². The average molecular weight is 274 g/mol. The largest absolute Gasteiger partial charge is 0.370 e. The second-order valence-electron chi connectivity index (χ2n) is 6.99. The van der Waals surface area contributed by atoms with E-state index >= 15 is 0 Å². The number of anilines is 1. The monoisotopic (exact) mass is 274 g/mol. The Hall–Kier alpha value is -1.02. The number of nitrogens with one attached hydrogen (secondary N) is 1. The Labute approximate surface area is 124 Å². The molecule has 1 aromatic rings. The molecule has 1 N–H and O–H groups in total. The van der Waals surface area contributed by atoms with Crippen LogP contribution >= 0.6 is 0 Å². The van der Waals surface area contributed by atoms with Gasteiger partial charge < -0.3 is 10.2 Å². The minimum Gasteiger partial charge on any atom is -0.370 e. The van der Waals surface area contributed by atoms with Crippen molar-refractivity contribution in [2.75, 3.05) is 31.1 Å². The van der Waals surface area contributed by atoms with Crippen LogP contribution in [0.25, 0.3) is 0 Å². The van der Waals surface area contributed by atoms with E-state index in [1.807, 2.05) is 0 Å². The number of benzene rings is 1. The van der Waals surface area contributed by atoms with E-state index in [1.165, 1.54) is 30.6 Å². The Morgan fingerprint density at radius 3 is 2.75 bits per heavy atom. The van der Waals surface area contributed by atoms with E-state index < -0.39 is 0 Å². The zero-order chi connectivity index (χ0) is 14.6. The highest BCUT2D eigenvalue weighted by atomic mass is 15.2. The molecule has 0 spiro atoms. The van der Waals surface area contributed by atoms with Crippen LogP contribution in [0.4, 0.5) is 5.69 Å². The number of rotatable bonds is 7. The van der Waals surface area contributed by atoms with Crippen LogP contribution in [0.15, 0.2) is 24.3 Å². The van der Waals surface area contributed by atoms with Crippen LogP contribution in [-0.2, 0) is 6.42 Å². The summed E-state index contributed by atoms with van der Waals surface area (Å²) in [5.74, 6) is 0.726. The topological polar surface area (TPSA) is 15.3 Å². The van der Waals surface area contributed by atoms with E-state index in [0.717, 1.165) is 25.6 Å². The van der Waals surface area contributed by atoms with Crippen molar-refractivity contribution in [2.24, 2.45) is 11.3 Å². The third-order valence-corrected chi connectivity index (χ3v) is 4.51. The molecule has 0 fully saturated rings. The van der Waals surface area contributed by atoms with Crippen molar-refractivity contribution in [3.8, 4) is 0 Å². The lowest BCUT2D eigenvalue weighted by atomic mass is 9.86. The average Bonchev–Trinajstić information content (AvgIpc) is 2.82. The normalized spacial score (nSPS) is 17.4. The molecule has 0 amide bonds. The second kappa shape index (κ2) is 6.62. The maximum atomic E-state index is 3.65. The van der Waals surface area contributed by atoms with Gasteiger partial charge in [-0.25, -0.2) is 0 Å². The molecular formula is C18H30N2. The highest BCUT2D eigenvalue weighted by Crippen LogP contribution is 2.31. The van der Waals surface area contributed by atoms with Gasteiger partial charge in [-0.05, 0) is 42.3 Å². The standard InChI is InChI=1S/C18H30N2/c1-5-18(4,13-19-12-15(2)3)14-20-11-10-16-8-6-7-9-17(16)20/h6-9,15,19H,5,10-14H2,1-4H3. The Morgan fingerprint density at radius 2 is 2.05 bits per heavy atom. The molecule has 2 heteroatoms. The molecule has 112 valence electrons. The molecule has 2 rings (SSSR count). The van der Waals surface area contributed by atoms with Crippen LogP contribution in [0.3, 0.4) is 0 Å². The van der Waals surface area contributed by atoms with Crippen molar-refractivity contribution in [3.05, 3.63) is 29.8 Å². The molecule has 1 unspecified atom stereocenters. The predicted molar refractivity (Wildman–Crippen MR) is 88.5 cm³/mol. The van der Waals surface area contributed by atoms with Crippen molar-refractivity contribution in [3.63, 3.8) is 0 Å². The summed E-state index contributed by atoms with van der Waals surface area (Å²) in [5, 5.41) is 3.65. The van der Waals surface area contributed by atoms with Crippen LogP contribution in [-0.4, -0.2) is 26.2 Å². The fraction of sp³-hybridized carbons (Fsp3) is 0.667. The summed E-state index contributed by atoms with van der Waals surface area (Å²) < 4.78 is 0. The number of hydrogen-bond donors (Lipinski definition) is 1.